The van der Waals surface area contributed by atoms with Gasteiger partial charge in [-0.15, -0.1) is 0 Å². The van der Waals surface area contributed by atoms with Crippen LogP contribution in [0.2, 0.25) is 0 Å². The highest BCUT2D eigenvalue weighted by Gasteiger charge is 2.21. The lowest BCUT2D eigenvalue weighted by atomic mass is 10.1. The van der Waals surface area contributed by atoms with Gasteiger partial charge in [-0.25, -0.2) is 4.79 Å². The molecule has 0 aliphatic heterocycles. The highest BCUT2D eigenvalue weighted by atomic mass is 16.5. The third-order valence-corrected chi connectivity index (χ3v) is 2.44. The number of rotatable bonds is 7. The SMILES string of the molecule is COCCCC(=O)N[C@H](C(=O)O)c1ccccc1. The fraction of sp³-hybridized carbons (Fsp3) is 0.385. The van der Waals surface area contributed by atoms with Crippen LogP contribution in [0.4, 0.5) is 0 Å². The van der Waals surface area contributed by atoms with E-state index in [2.05, 4.69) is 5.32 Å². The van der Waals surface area contributed by atoms with E-state index in [0.717, 1.165) is 0 Å². The summed E-state index contributed by atoms with van der Waals surface area (Å²) >= 11 is 0. The molecule has 0 heterocycles. The Hall–Kier alpha value is -1.88. The van der Waals surface area contributed by atoms with Gasteiger partial charge in [0.1, 0.15) is 0 Å². The van der Waals surface area contributed by atoms with Crippen LogP contribution < -0.4 is 5.32 Å². The molecule has 0 unspecified atom stereocenters. The van der Waals surface area contributed by atoms with Gasteiger partial charge in [0.25, 0.3) is 0 Å². The second-order valence-electron chi connectivity index (χ2n) is 3.85. The zero-order valence-corrected chi connectivity index (χ0v) is 10.3. The topological polar surface area (TPSA) is 75.6 Å². The number of amides is 1. The predicted octanol–water partition coefficient (Wildman–Crippen LogP) is 1.36. The van der Waals surface area contributed by atoms with Gasteiger partial charge in [-0.2, -0.15) is 0 Å². The molecule has 1 aromatic rings. The number of carboxylic acids is 1. The van der Waals surface area contributed by atoms with Gasteiger partial charge in [-0.05, 0) is 12.0 Å². The number of ether oxygens (including phenoxy) is 1. The Kier molecular flexibility index (Phi) is 5.87. The molecule has 1 rings (SSSR count). The fourth-order valence-electron chi connectivity index (χ4n) is 1.54. The van der Waals surface area contributed by atoms with E-state index in [1.807, 2.05) is 0 Å². The Morgan fingerprint density at radius 2 is 2.00 bits per heavy atom. The summed E-state index contributed by atoms with van der Waals surface area (Å²) in [6.07, 6.45) is 0.827. The van der Waals surface area contributed by atoms with Crippen LogP contribution in [-0.4, -0.2) is 30.7 Å². The summed E-state index contributed by atoms with van der Waals surface area (Å²) < 4.78 is 4.83. The molecule has 2 N–H and O–H groups in total. The van der Waals surface area contributed by atoms with E-state index in [1.54, 1.807) is 37.4 Å². The first-order valence-corrected chi connectivity index (χ1v) is 5.71. The summed E-state index contributed by atoms with van der Waals surface area (Å²) in [6.45, 7) is 0.483. The highest BCUT2D eigenvalue weighted by molar-refractivity contribution is 5.84. The molecule has 0 fully saturated rings. The minimum atomic E-state index is -1.07. The molecule has 0 bridgehead atoms. The van der Waals surface area contributed by atoms with Crippen LogP contribution in [0, 0.1) is 0 Å². The van der Waals surface area contributed by atoms with Crippen LogP contribution in [0.3, 0.4) is 0 Å². The zero-order valence-electron chi connectivity index (χ0n) is 10.3. The van der Waals surface area contributed by atoms with Crippen molar-refractivity contribution in [3.63, 3.8) is 0 Å². The Morgan fingerprint density at radius 3 is 2.56 bits per heavy atom. The van der Waals surface area contributed by atoms with Gasteiger partial charge in [0.05, 0.1) is 0 Å². The maximum atomic E-state index is 11.6. The first-order chi connectivity index (χ1) is 8.65. The maximum Gasteiger partial charge on any atom is 0.330 e. The fourth-order valence-corrected chi connectivity index (χ4v) is 1.54. The molecule has 0 spiro atoms. The van der Waals surface area contributed by atoms with Crippen LogP contribution in [0.1, 0.15) is 24.4 Å². The molecule has 18 heavy (non-hydrogen) atoms. The lowest BCUT2D eigenvalue weighted by molar-refractivity contribution is -0.142. The Balaban J connectivity index is 2.59. The monoisotopic (exact) mass is 251 g/mol. The second kappa shape index (κ2) is 7.45. The van der Waals surface area contributed by atoms with E-state index < -0.39 is 12.0 Å². The molecule has 1 aromatic carbocycles. The number of carboxylic acid groups (broad SMARTS) is 1. The Labute approximate surface area is 106 Å². The van der Waals surface area contributed by atoms with Crippen molar-refractivity contribution in [2.75, 3.05) is 13.7 Å². The third kappa shape index (κ3) is 4.55. The van der Waals surface area contributed by atoms with Gasteiger partial charge in [0.15, 0.2) is 6.04 Å². The quantitative estimate of drug-likeness (QED) is 0.717. The van der Waals surface area contributed by atoms with Gasteiger partial charge in [0, 0.05) is 20.1 Å². The number of benzene rings is 1. The van der Waals surface area contributed by atoms with E-state index in [1.165, 1.54) is 0 Å². The van der Waals surface area contributed by atoms with Gasteiger partial charge in [-0.3, -0.25) is 4.79 Å². The zero-order chi connectivity index (χ0) is 13.4. The molecule has 0 aliphatic carbocycles. The third-order valence-electron chi connectivity index (χ3n) is 2.44. The summed E-state index contributed by atoms with van der Waals surface area (Å²) in [5.41, 5.74) is 0.560. The van der Waals surface area contributed by atoms with Gasteiger partial charge < -0.3 is 15.2 Å². The van der Waals surface area contributed by atoms with E-state index in [4.69, 9.17) is 9.84 Å². The van der Waals surface area contributed by atoms with Crippen LogP contribution >= 0.6 is 0 Å². The molecular formula is C13H17NO4. The minimum Gasteiger partial charge on any atom is -0.479 e. The summed E-state index contributed by atoms with van der Waals surface area (Å²) in [5, 5.41) is 11.6. The number of carbonyl (C=O) groups excluding carboxylic acids is 1. The predicted molar refractivity (Wildman–Crippen MR) is 66.1 cm³/mol. The van der Waals surface area contributed by atoms with Crippen molar-refractivity contribution < 1.29 is 19.4 Å². The summed E-state index contributed by atoms with van der Waals surface area (Å²) in [6, 6.07) is 7.62. The summed E-state index contributed by atoms with van der Waals surface area (Å²) in [7, 11) is 1.56. The van der Waals surface area contributed by atoms with Gasteiger partial charge >= 0.3 is 5.97 Å². The molecule has 0 aliphatic rings. The first-order valence-electron chi connectivity index (χ1n) is 5.71. The van der Waals surface area contributed by atoms with Crippen LogP contribution in [0.5, 0.6) is 0 Å². The Morgan fingerprint density at radius 1 is 1.33 bits per heavy atom. The molecule has 1 amide bonds. The number of hydrogen-bond donors (Lipinski definition) is 2. The minimum absolute atomic E-state index is 0.254. The van der Waals surface area contributed by atoms with Crippen molar-refractivity contribution in [1.82, 2.24) is 5.32 Å². The average molecular weight is 251 g/mol. The molecular weight excluding hydrogens is 234 g/mol. The molecule has 0 saturated carbocycles. The number of methoxy groups -OCH3 is 1. The lowest BCUT2D eigenvalue weighted by Crippen LogP contribution is -2.33. The number of carbonyl (C=O) groups is 2. The summed E-state index contributed by atoms with van der Waals surface area (Å²) in [5.74, 6) is -1.36. The smallest absolute Gasteiger partial charge is 0.330 e. The standard InChI is InChI=1S/C13H17NO4/c1-18-9-5-8-11(15)14-12(13(16)17)10-6-3-2-4-7-10/h2-4,6-7,12H,5,8-9H2,1H3,(H,14,15)(H,16,17)/t12-/m0/s1. The number of nitrogens with one attached hydrogen (secondary N) is 1. The van der Waals surface area contributed by atoms with Gasteiger partial charge in [0.2, 0.25) is 5.91 Å². The molecule has 1 atom stereocenters. The van der Waals surface area contributed by atoms with E-state index >= 15 is 0 Å². The normalized spacial score (nSPS) is 11.8. The maximum absolute atomic E-state index is 11.6. The number of aliphatic carboxylic acids is 1. The Bertz CT molecular complexity index is 391. The van der Waals surface area contributed by atoms with Gasteiger partial charge in [-0.1, -0.05) is 30.3 Å². The first kappa shape index (κ1) is 14.2. The average Bonchev–Trinajstić information content (AvgIpc) is 2.37. The van der Waals surface area contributed by atoms with Crippen molar-refractivity contribution in [1.29, 1.82) is 0 Å². The molecule has 0 radical (unpaired) electrons. The van der Waals surface area contributed by atoms with Crippen molar-refractivity contribution in [2.24, 2.45) is 0 Å². The molecule has 5 nitrogen and oxygen atoms in total. The van der Waals surface area contributed by atoms with Crippen molar-refractivity contribution >= 4 is 11.9 Å². The van der Waals surface area contributed by atoms with Crippen molar-refractivity contribution in [3.8, 4) is 0 Å². The molecule has 5 heteroatoms. The van der Waals surface area contributed by atoms with Crippen molar-refractivity contribution in [2.45, 2.75) is 18.9 Å². The molecule has 98 valence electrons. The largest absolute Gasteiger partial charge is 0.479 e. The number of hydrogen-bond acceptors (Lipinski definition) is 3. The second-order valence-corrected chi connectivity index (χ2v) is 3.85. The van der Waals surface area contributed by atoms with E-state index in [9.17, 15) is 9.59 Å². The lowest BCUT2D eigenvalue weighted by Gasteiger charge is -2.14. The van der Waals surface area contributed by atoms with E-state index in [0.29, 0.717) is 18.6 Å². The summed E-state index contributed by atoms with van der Waals surface area (Å²) in [4.78, 5) is 22.7. The van der Waals surface area contributed by atoms with Crippen molar-refractivity contribution in [3.05, 3.63) is 35.9 Å². The molecule has 0 aromatic heterocycles. The molecule has 0 saturated heterocycles. The van der Waals surface area contributed by atoms with Crippen LogP contribution in [-0.2, 0) is 14.3 Å². The van der Waals surface area contributed by atoms with Crippen LogP contribution in [0.25, 0.3) is 0 Å². The highest BCUT2D eigenvalue weighted by Crippen LogP contribution is 2.12. The van der Waals surface area contributed by atoms with E-state index in [-0.39, 0.29) is 12.3 Å². The van der Waals surface area contributed by atoms with Crippen LogP contribution in [0.15, 0.2) is 30.3 Å².